The molecule has 2 atom stereocenters. The van der Waals surface area contributed by atoms with Gasteiger partial charge in [-0.25, -0.2) is 4.79 Å². The zero-order valence-corrected chi connectivity index (χ0v) is 14.0. The van der Waals surface area contributed by atoms with E-state index in [1.165, 1.54) is 0 Å². The molecule has 5 nitrogen and oxygen atoms in total. The summed E-state index contributed by atoms with van der Waals surface area (Å²) < 4.78 is 5.24. The molecule has 0 heterocycles. The molecule has 1 amide bonds. The Bertz CT molecular complexity index is 277. The molecule has 3 N–H and O–H groups in total. The lowest BCUT2D eigenvalue weighted by Crippen LogP contribution is -2.49. The lowest BCUT2D eigenvalue weighted by atomic mass is 10.1. The number of nitrogens with zero attached hydrogens (tertiary/aromatic N) is 1. The first kappa shape index (κ1) is 19.2. The van der Waals surface area contributed by atoms with E-state index in [0.29, 0.717) is 19.0 Å². The van der Waals surface area contributed by atoms with Gasteiger partial charge in [0.1, 0.15) is 5.60 Å². The third-order valence-electron chi connectivity index (χ3n) is 3.32. The minimum absolute atomic E-state index is 0.154. The van der Waals surface area contributed by atoms with Gasteiger partial charge in [0, 0.05) is 25.7 Å². The maximum atomic E-state index is 11.7. The van der Waals surface area contributed by atoms with Gasteiger partial charge in [0.15, 0.2) is 0 Å². The Hall–Kier alpha value is -0.810. The molecule has 5 heteroatoms. The Morgan fingerprint density at radius 2 is 1.95 bits per heavy atom. The number of carbonyl (C=O) groups is 1. The van der Waals surface area contributed by atoms with Crippen molar-refractivity contribution in [2.75, 3.05) is 26.2 Å². The summed E-state index contributed by atoms with van der Waals surface area (Å²) in [5.74, 6) is 0.630. The largest absolute Gasteiger partial charge is 0.444 e. The van der Waals surface area contributed by atoms with E-state index in [4.69, 9.17) is 10.5 Å². The van der Waals surface area contributed by atoms with Crippen molar-refractivity contribution in [3.8, 4) is 0 Å². The van der Waals surface area contributed by atoms with Gasteiger partial charge in [-0.1, -0.05) is 27.2 Å². The van der Waals surface area contributed by atoms with E-state index in [0.717, 1.165) is 19.5 Å². The van der Waals surface area contributed by atoms with Gasteiger partial charge in [0.25, 0.3) is 0 Å². The maximum absolute atomic E-state index is 11.7. The Labute approximate surface area is 124 Å². The van der Waals surface area contributed by atoms with Gasteiger partial charge in [0.05, 0.1) is 0 Å². The summed E-state index contributed by atoms with van der Waals surface area (Å²) in [6.07, 6.45) is 0.767. The molecule has 0 radical (unpaired) electrons. The molecule has 0 aromatic carbocycles. The van der Waals surface area contributed by atoms with Crippen molar-refractivity contribution in [1.82, 2.24) is 10.2 Å². The predicted molar refractivity (Wildman–Crippen MR) is 83.8 cm³/mol. The fourth-order valence-corrected chi connectivity index (χ4v) is 1.94. The number of hydrogen-bond donors (Lipinski definition) is 2. The number of ether oxygens (including phenoxy) is 1. The van der Waals surface area contributed by atoms with E-state index >= 15 is 0 Å². The van der Waals surface area contributed by atoms with E-state index in [1.54, 1.807) is 0 Å². The Balaban J connectivity index is 4.34. The second kappa shape index (κ2) is 9.19. The summed E-state index contributed by atoms with van der Waals surface area (Å²) in [5.41, 5.74) is 5.38. The summed E-state index contributed by atoms with van der Waals surface area (Å²) >= 11 is 0. The molecule has 0 rings (SSSR count). The van der Waals surface area contributed by atoms with Crippen molar-refractivity contribution in [3.05, 3.63) is 0 Å². The third kappa shape index (κ3) is 8.38. The maximum Gasteiger partial charge on any atom is 0.407 e. The average molecular weight is 287 g/mol. The zero-order chi connectivity index (χ0) is 15.8. The fraction of sp³-hybridized carbons (Fsp3) is 0.933. The van der Waals surface area contributed by atoms with Crippen LogP contribution in [0.25, 0.3) is 0 Å². The summed E-state index contributed by atoms with van der Waals surface area (Å²) in [6, 6.07) is 0.154. The van der Waals surface area contributed by atoms with Gasteiger partial charge in [-0.05, 0) is 33.2 Å². The molecule has 0 aliphatic carbocycles. The molecule has 120 valence electrons. The van der Waals surface area contributed by atoms with Gasteiger partial charge in [-0.15, -0.1) is 0 Å². The number of nitrogens with one attached hydrogen (secondary N) is 1. The van der Waals surface area contributed by atoms with Gasteiger partial charge in [-0.3, -0.25) is 4.90 Å². The van der Waals surface area contributed by atoms with Crippen LogP contribution in [0.1, 0.15) is 48.0 Å². The van der Waals surface area contributed by atoms with Crippen LogP contribution in [0.5, 0.6) is 0 Å². The summed E-state index contributed by atoms with van der Waals surface area (Å²) in [6.45, 7) is 15.1. The third-order valence-corrected chi connectivity index (χ3v) is 3.32. The number of carbonyl (C=O) groups excluding carboxylic acids is 1. The lowest BCUT2D eigenvalue weighted by Gasteiger charge is -2.32. The molecule has 0 aliphatic rings. The monoisotopic (exact) mass is 287 g/mol. The predicted octanol–water partition coefficient (Wildman–Crippen LogP) is 2.21. The van der Waals surface area contributed by atoms with Crippen LogP contribution >= 0.6 is 0 Å². The van der Waals surface area contributed by atoms with Crippen LogP contribution in [0, 0.1) is 5.92 Å². The number of amides is 1. The van der Waals surface area contributed by atoms with E-state index in [2.05, 4.69) is 31.0 Å². The highest BCUT2D eigenvalue weighted by molar-refractivity contribution is 5.67. The lowest BCUT2D eigenvalue weighted by molar-refractivity contribution is 0.0506. The van der Waals surface area contributed by atoms with Gasteiger partial charge >= 0.3 is 6.09 Å². The smallest absolute Gasteiger partial charge is 0.407 e. The number of alkyl carbamates (subject to hydrolysis) is 1. The molecule has 20 heavy (non-hydrogen) atoms. The number of nitrogens with two attached hydrogens (primary N) is 1. The minimum atomic E-state index is -0.469. The zero-order valence-electron chi connectivity index (χ0n) is 14.0. The van der Waals surface area contributed by atoms with Crippen LogP contribution in [0.15, 0.2) is 0 Å². The number of hydrogen-bond acceptors (Lipinski definition) is 4. The molecule has 0 saturated heterocycles. The molecular formula is C15H33N3O2. The van der Waals surface area contributed by atoms with Gasteiger partial charge < -0.3 is 15.8 Å². The molecule has 0 aromatic heterocycles. The van der Waals surface area contributed by atoms with Crippen LogP contribution in [-0.4, -0.2) is 48.8 Å². The van der Waals surface area contributed by atoms with Crippen LogP contribution in [0.4, 0.5) is 4.79 Å². The van der Waals surface area contributed by atoms with Crippen LogP contribution < -0.4 is 11.1 Å². The van der Waals surface area contributed by atoms with Crippen LogP contribution in [0.2, 0.25) is 0 Å². The second-order valence-corrected chi connectivity index (χ2v) is 6.37. The highest BCUT2D eigenvalue weighted by Gasteiger charge is 2.20. The van der Waals surface area contributed by atoms with E-state index in [9.17, 15) is 4.79 Å². The standard InChI is InChI=1S/C15H33N3O2/c1-7-12(3)11-18(8-2)13(9-16)10-17-14(19)20-15(4,5)6/h12-13H,7-11,16H2,1-6H3,(H,17,19). The normalized spacial score (nSPS) is 15.0. The fourth-order valence-electron chi connectivity index (χ4n) is 1.94. The number of likely N-dealkylation sites (N-methyl/N-ethyl adjacent to an activating group) is 1. The molecule has 0 aromatic rings. The van der Waals surface area contributed by atoms with Crippen molar-refractivity contribution in [2.24, 2.45) is 11.7 Å². The second-order valence-electron chi connectivity index (χ2n) is 6.37. The highest BCUT2D eigenvalue weighted by Crippen LogP contribution is 2.08. The topological polar surface area (TPSA) is 67.6 Å². The van der Waals surface area contributed by atoms with E-state index in [1.807, 2.05) is 20.8 Å². The summed E-state index contributed by atoms with van der Waals surface area (Å²) in [5, 5.41) is 2.81. The van der Waals surface area contributed by atoms with Crippen molar-refractivity contribution in [3.63, 3.8) is 0 Å². The van der Waals surface area contributed by atoms with Crippen molar-refractivity contribution in [2.45, 2.75) is 59.6 Å². The SMILES string of the molecule is CCC(C)CN(CC)C(CN)CNC(=O)OC(C)(C)C. The molecule has 0 aliphatic heterocycles. The van der Waals surface area contributed by atoms with Gasteiger partial charge in [-0.2, -0.15) is 0 Å². The van der Waals surface area contributed by atoms with Crippen molar-refractivity contribution < 1.29 is 9.53 Å². The quantitative estimate of drug-likeness (QED) is 0.718. The summed E-state index contributed by atoms with van der Waals surface area (Å²) in [7, 11) is 0. The molecule has 2 unspecified atom stereocenters. The Morgan fingerprint density at radius 1 is 1.35 bits per heavy atom. The van der Waals surface area contributed by atoms with Gasteiger partial charge in [0.2, 0.25) is 0 Å². The molecule has 0 spiro atoms. The average Bonchev–Trinajstić information content (AvgIpc) is 2.35. The number of rotatable bonds is 8. The first-order valence-corrected chi connectivity index (χ1v) is 7.64. The highest BCUT2D eigenvalue weighted by atomic mass is 16.6. The molecule has 0 fully saturated rings. The Kier molecular flexibility index (Phi) is 8.81. The van der Waals surface area contributed by atoms with E-state index in [-0.39, 0.29) is 12.1 Å². The first-order chi connectivity index (χ1) is 9.23. The Morgan fingerprint density at radius 3 is 2.35 bits per heavy atom. The van der Waals surface area contributed by atoms with Crippen molar-refractivity contribution in [1.29, 1.82) is 0 Å². The minimum Gasteiger partial charge on any atom is -0.444 e. The van der Waals surface area contributed by atoms with Crippen LogP contribution in [-0.2, 0) is 4.74 Å². The van der Waals surface area contributed by atoms with Crippen molar-refractivity contribution >= 4 is 6.09 Å². The molecule has 0 bridgehead atoms. The molecular weight excluding hydrogens is 254 g/mol. The first-order valence-electron chi connectivity index (χ1n) is 7.64. The van der Waals surface area contributed by atoms with Crippen LogP contribution in [0.3, 0.4) is 0 Å². The summed E-state index contributed by atoms with van der Waals surface area (Å²) in [4.78, 5) is 14.0. The van der Waals surface area contributed by atoms with E-state index < -0.39 is 5.60 Å². The molecule has 0 saturated carbocycles.